The second-order valence-electron chi connectivity index (χ2n) is 5.59. The van der Waals surface area contributed by atoms with Crippen LogP contribution in [0.1, 0.15) is 59.3 Å². The predicted molar refractivity (Wildman–Crippen MR) is 88.6 cm³/mol. The first kappa shape index (κ1) is 21.0. The molecular formula is C15H35O3P. The van der Waals surface area contributed by atoms with Crippen molar-refractivity contribution < 1.29 is 14.6 Å². The Bertz CT molecular complexity index is 186. The van der Waals surface area contributed by atoms with Crippen LogP contribution >= 0.6 is 7.26 Å². The van der Waals surface area contributed by atoms with Gasteiger partial charge in [-0.3, -0.25) is 0 Å². The fraction of sp³-hybridized carbons (Fsp3) is 0.933. The molecule has 0 unspecified atom stereocenters. The molecule has 0 heterocycles. The van der Waals surface area contributed by atoms with E-state index < -0.39 is 13.4 Å². The van der Waals surface area contributed by atoms with Crippen molar-refractivity contribution in [2.75, 3.05) is 32.3 Å². The zero-order chi connectivity index (χ0) is 15.1. The minimum Gasteiger partial charge on any atom is -0.450 e. The molecule has 0 aromatic rings. The molecular weight excluding hydrogens is 259 g/mol. The van der Waals surface area contributed by atoms with Gasteiger partial charge in [0.2, 0.25) is 0 Å². The molecule has 4 heteroatoms. The van der Waals surface area contributed by atoms with Gasteiger partial charge in [0.05, 0.1) is 7.11 Å². The first-order valence-corrected chi connectivity index (χ1v) is 10.8. The van der Waals surface area contributed by atoms with E-state index in [4.69, 9.17) is 9.90 Å². The summed E-state index contributed by atoms with van der Waals surface area (Å²) in [4.78, 5) is 9.15. The Morgan fingerprint density at radius 3 is 1.37 bits per heavy atom. The largest absolute Gasteiger partial charge is 0.505 e. The van der Waals surface area contributed by atoms with Gasteiger partial charge in [-0.1, -0.05) is 0 Å². The second kappa shape index (κ2) is 14.1. The Morgan fingerprint density at radius 1 is 0.947 bits per heavy atom. The van der Waals surface area contributed by atoms with Crippen LogP contribution in [0.4, 0.5) is 4.79 Å². The quantitative estimate of drug-likeness (QED) is 0.476. The summed E-state index contributed by atoms with van der Waals surface area (Å²) < 4.78 is 3.67. The molecule has 0 aliphatic carbocycles. The molecule has 0 aliphatic rings. The fourth-order valence-corrected chi connectivity index (χ4v) is 6.56. The summed E-state index contributed by atoms with van der Waals surface area (Å²) in [7, 11) is 0.287. The number of hydrogen-bond donors (Lipinski definition) is 1. The third kappa shape index (κ3) is 15.6. The second-order valence-corrected chi connectivity index (χ2v) is 10.7. The standard InChI is InChI=1S/C13H31P.C2H4O3/c1-5-8-11-14(4,12-9-6-2)13-10-7-3;1-5-2(3)4/h14H,5-13H2,1-4H3;1H3,(H,3,4). The smallest absolute Gasteiger partial charge is 0.450 e. The maximum atomic E-state index is 9.15. The van der Waals surface area contributed by atoms with Gasteiger partial charge in [0.1, 0.15) is 0 Å². The molecule has 0 saturated heterocycles. The molecule has 0 aliphatic heterocycles. The summed E-state index contributed by atoms with van der Waals surface area (Å²) in [5.41, 5.74) is 0. The number of rotatable bonds is 9. The van der Waals surface area contributed by atoms with Gasteiger partial charge in [0.15, 0.2) is 0 Å². The minimum atomic E-state index is -1.25. The number of ether oxygens (including phenoxy) is 1. The molecule has 1 N–H and O–H groups in total. The Morgan fingerprint density at radius 2 is 1.21 bits per heavy atom. The van der Waals surface area contributed by atoms with E-state index >= 15 is 0 Å². The molecule has 0 aromatic carbocycles. The van der Waals surface area contributed by atoms with Crippen molar-refractivity contribution in [3.8, 4) is 0 Å². The SMILES string of the molecule is CCCC[PH](C)(CCCC)CCCC.COC(=O)O. The molecule has 0 fully saturated rings. The molecule has 0 spiro atoms. The van der Waals surface area contributed by atoms with Crippen molar-refractivity contribution in [2.45, 2.75) is 59.3 Å². The van der Waals surface area contributed by atoms with Crippen molar-refractivity contribution in [3.63, 3.8) is 0 Å². The van der Waals surface area contributed by atoms with Crippen LogP contribution in [-0.2, 0) is 4.74 Å². The number of hydrogen-bond acceptors (Lipinski definition) is 2. The van der Waals surface area contributed by atoms with E-state index in [9.17, 15) is 0 Å². The van der Waals surface area contributed by atoms with Crippen molar-refractivity contribution >= 4 is 13.4 Å². The van der Waals surface area contributed by atoms with E-state index in [1.54, 1.807) is 18.5 Å². The fourth-order valence-electron chi connectivity index (χ4n) is 2.19. The topological polar surface area (TPSA) is 46.5 Å². The van der Waals surface area contributed by atoms with Crippen molar-refractivity contribution in [1.82, 2.24) is 0 Å². The normalized spacial score (nSPS) is 11.4. The first-order valence-electron chi connectivity index (χ1n) is 7.72. The monoisotopic (exact) mass is 294 g/mol. The van der Waals surface area contributed by atoms with Gasteiger partial charge < -0.3 is 9.84 Å². The molecule has 118 valence electrons. The Kier molecular flexibility index (Phi) is 15.6. The Balaban J connectivity index is 0. The van der Waals surface area contributed by atoms with Crippen LogP contribution in [0.25, 0.3) is 0 Å². The zero-order valence-electron chi connectivity index (χ0n) is 13.6. The van der Waals surface area contributed by atoms with Crippen LogP contribution < -0.4 is 0 Å². The average Bonchev–Trinajstić information content (AvgIpc) is 2.41. The van der Waals surface area contributed by atoms with Gasteiger partial charge >= 0.3 is 97.9 Å². The molecule has 19 heavy (non-hydrogen) atoms. The summed E-state index contributed by atoms with van der Waals surface area (Å²) in [6.07, 6.45) is 12.1. The van der Waals surface area contributed by atoms with Gasteiger partial charge in [-0.05, 0) is 0 Å². The van der Waals surface area contributed by atoms with Gasteiger partial charge in [0.25, 0.3) is 0 Å². The predicted octanol–water partition coefficient (Wildman–Crippen LogP) is 5.08. The molecule has 0 saturated carbocycles. The van der Waals surface area contributed by atoms with Crippen LogP contribution in [0.3, 0.4) is 0 Å². The van der Waals surface area contributed by atoms with Gasteiger partial charge in [-0.15, -0.1) is 0 Å². The molecule has 0 atom stereocenters. The third-order valence-electron chi connectivity index (χ3n) is 3.58. The van der Waals surface area contributed by atoms with Crippen molar-refractivity contribution in [2.24, 2.45) is 0 Å². The number of carbonyl (C=O) groups is 1. The van der Waals surface area contributed by atoms with E-state index in [1.165, 1.54) is 38.5 Å². The number of unbranched alkanes of at least 4 members (excludes halogenated alkanes) is 3. The Labute approximate surface area is 120 Å². The summed E-state index contributed by atoms with van der Waals surface area (Å²) in [5.74, 6) is 0. The summed E-state index contributed by atoms with van der Waals surface area (Å²) in [6.45, 7) is 9.63. The number of methoxy groups -OCH3 is 1. The third-order valence-corrected chi connectivity index (χ3v) is 8.26. The molecule has 3 nitrogen and oxygen atoms in total. The van der Waals surface area contributed by atoms with E-state index in [0.29, 0.717) is 0 Å². The zero-order valence-corrected chi connectivity index (χ0v) is 14.6. The van der Waals surface area contributed by atoms with Crippen LogP contribution in [0.5, 0.6) is 0 Å². The maximum absolute atomic E-state index is 9.15. The molecule has 0 aromatic heterocycles. The van der Waals surface area contributed by atoms with Gasteiger partial charge in [-0.2, -0.15) is 0 Å². The number of carboxylic acid groups (broad SMARTS) is 1. The molecule has 0 amide bonds. The van der Waals surface area contributed by atoms with Crippen molar-refractivity contribution in [3.05, 3.63) is 0 Å². The van der Waals surface area contributed by atoms with E-state index in [1.807, 2.05) is 0 Å². The van der Waals surface area contributed by atoms with Gasteiger partial charge in [0, 0.05) is 0 Å². The van der Waals surface area contributed by atoms with E-state index in [0.717, 1.165) is 7.11 Å². The molecule has 0 bridgehead atoms. The minimum absolute atomic E-state index is 0.812. The Hall–Kier alpha value is -0.300. The summed E-state index contributed by atoms with van der Waals surface area (Å²) in [5, 5.41) is 7.50. The molecule has 0 rings (SSSR count). The van der Waals surface area contributed by atoms with Crippen LogP contribution in [0.15, 0.2) is 0 Å². The van der Waals surface area contributed by atoms with E-state index in [-0.39, 0.29) is 0 Å². The van der Waals surface area contributed by atoms with Gasteiger partial charge in [-0.25, -0.2) is 4.79 Å². The summed E-state index contributed by atoms with van der Waals surface area (Å²) >= 11 is 0. The maximum Gasteiger partial charge on any atom is 0.505 e. The average molecular weight is 294 g/mol. The first-order chi connectivity index (χ1) is 8.95. The van der Waals surface area contributed by atoms with E-state index in [2.05, 4.69) is 32.2 Å². The van der Waals surface area contributed by atoms with Crippen LogP contribution in [0, 0.1) is 0 Å². The van der Waals surface area contributed by atoms with Crippen LogP contribution in [-0.4, -0.2) is 43.5 Å². The summed E-state index contributed by atoms with van der Waals surface area (Å²) in [6, 6.07) is 0. The van der Waals surface area contributed by atoms with Crippen molar-refractivity contribution in [1.29, 1.82) is 0 Å². The van der Waals surface area contributed by atoms with Crippen LogP contribution in [0.2, 0.25) is 0 Å². The molecule has 0 radical (unpaired) electrons.